The molecule has 1 N–H and O–H groups in total. The fourth-order valence-corrected chi connectivity index (χ4v) is 2.65. The molecule has 0 saturated heterocycles. The Morgan fingerprint density at radius 2 is 2.05 bits per heavy atom. The first kappa shape index (κ1) is 14.1. The molecule has 6 nitrogen and oxygen atoms in total. The lowest BCUT2D eigenvalue weighted by molar-refractivity contribution is 0.0186. The van der Waals surface area contributed by atoms with E-state index >= 15 is 0 Å². The molecule has 1 atom stereocenters. The highest BCUT2D eigenvalue weighted by Gasteiger charge is 2.38. The van der Waals surface area contributed by atoms with Gasteiger partial charge in [-0.1, -0.05) is 0 Å². The number of rotatable bonds is 1. The summed E-state index contributed by atoms with van der Waals surface area (Å²) in [6, 6.07) is -0.306. The summed E-state index contributed by atoms with van der Waals surface area (Å²) in [5.41, 5.74) is 0.620. The first-order chi connectivity index (χ1) is 9.76. The number of ether oxygens (including phenoxy) is 1. The highest BCUT2D eigenvalue weighted by atomic mass is 16.6. The summed E-state index contributed by atoms with van der Waals surface area (Å²) >= 11 is 0. The van der Waals surface area contributed by atoms with Crippen LogP contribution in [0.15, 0.2) is 4.79 Å². The Morgan fingerprint density at radius 3 is 2.62 bits per heavy atom. The summed E-state index contributed by atoms with van der Waals surface area (Å²) in [6.07, 6.45) is 1.75. The third-order valence-electron chi connectivity index (χ3n) is 3.85. The van der Waals surface area contributed by atoms with Crippen LogP contribution < -0.4 is 5.56 Å². The zero-order valence-corrected chi connectivity index (χ0v) is 12.9. The molecule has 0 spiro atoms. The zero-order chi connectivity index (χ0) is 15.4. The van der Waals surface area contributed by atoms with Gasteiger partial charge in [-0.25, -0.2) is 9.78 Å². The lowest BCUT2D eigenvalue weighted by Crippen LogP contribution is -2.35. The molecule has 0 aromatic carbocycles. The molecule has 1 aromatic heterocycles. The van der Waals surface area contributed by atoms with Crippen molar-refractivity contribution >= 4 is 6.09 Å². The number of H-pyrrole nitrogens is 1. The number of amides is 1. The van der Waals surface area contributed by atoms with Crippen LogP contribution >= 0.6 is 0 Å². The molecule has 0 bridgehead atoms. The van der Waals surface area contributed by atoms with Crippen molar-refractivity contribution in [3.05, 3.63) is 27.4 Å². The number of nitrogens with zero attached hydrogens (tertiary/aromatic N) is 2. The van der Waals surface area contributed by atoms with Crippen LogP contribution in [-0.2, 0) is 11.3 Å². The van der Waals surface area contributed by atoms with E-state index in [0.29, 0.717) is 23.7 Å². The summed E-state index contributed by atoms with van der Waals surface area (Å²) < 4.78 is 5.40. The maximum absolute atomic E-state index is 12.3. The van der Waals surface area contributed by atoms with Crippen LogP contribution in [0, 0.1) is 0 Å². The summed E-state index contributed by atoms with van der Waals surface area (Å²) in [7, 11) is 0. The molecular formula is C15H21N3O3. The van der Waals surface area contributed by atoms with E-state index in [-0.39, 0.29) is 11.6 Å². The summed E-state index contributed by atoms with van der Waals surface area (Å²) in [5.74, 6) is 1.14. The molecule has 1 amide bonds. The van der Waals surface area contributed by atoms with Crippen LogP contribution in [-0.4, -0.2) is 26.6 Å². The van der Waals surface area contributed by atoms with Gasteiger partial charge in [0, 0.05) is 5.92 Å². The van der Waals surface area contributed by atoms with Gasteiger partial charge in [-0.2, -0.15) is 0 Å². The Bertz CT molecular complexity index is 641. The number of aromatic nitrogens is 2. The van der Waals surface area contributed by atoms with E-state index in [4.69, 9.17) is 4.74 Å². The molecule has 1 unspecified atom stereocenters. The second-order valence-corrected chi connectivity index (χ2v) is 6.87. The number of nitrogens with one attached hydrogen (secondary N) is 1. The number of fused-ring (bicyclic) bond motifs is 1. The first-order valence-electron chi connectivity index (χ1n) is 7.39. The molecule has 1 aliphatic heterocycles. The van der Waals surface area contributed by atoms with Crippen LogP contribution in [0.25, 0.3) is 0 Å². The van der Waals surface area contributed by atoms with E-state index in [9.17, 15) is 9.59 Å². The van der Waals surface area contributed by atoms with Crippen LogP contribution in [0.5, 0.6) is 0 Å². The number of hydrogen-bond acceptors (Lipinski definition) is 4. The van der Waals surface area contributed by atoms with Gasteiger partial charge in [-0.05, 0) is 40.5 Å². The number of aromatic amines is 1. The van der Waals surface area contributed by atoms with Crippen LogP contribution in [0.1, 0.15) is 69.6 Å². The first-order valence-corrected chi connectivity index (χ1v) is 7.39. The number of carbonyl (C=O) groups excluding carboxylic acids is 1. The minimum Gasteiger partial charge on any atom is -0.444 e. The van der Waals surface area contributed by atoms with Gasteiger partial charge in [0.1, 0.15) is 11.4 Å². The Labute approximate surface area is 123 Å². The lowest BCUT2D eigenvalue weighted by atomic mass is 10.1. The molecular weight excluding hydrogens is 270 g/mol. The van der Waals surface area contributed by atoms with Crippen molar-refractivity contribution in [2.24, 2.45) is 0 Å². The van der Waals surface area contributed by atoms with Crippen molar-refractivity contribution in [2.75, 3.05) is 0 Å². The topological polar surface area (TPSA) is 75.3 Å². The van der Waals surface area contributed by atoms with Crippen LogP contribution in [0.2, 0.25) is 0 Å². The molecule has 2 heterocycles. The van der Waals surface area contributed by atoms with Crippen molar-refractivity contribution in [1.29, 1.82) is 0 Å². The summed E-state index contributed by atoms with van der Waals surface area (Å²) in [5, 5.41) is 0. The Balaban J connectivity index is 1.88. The van der Waals surface area contributed by atoms with Crippen molar-refractivity contribution in [2.45, 2.75) is 64.6 Å². The fourth-order valence-electron chi connectivity index (χ4n) is 2.65. The van der Waals surface area contributed by atoms with Gasteiger partial charge in [0.25, 0.3) is 5.56 Å². The molecule has 1 aromatic rings. The van der Waals surface area contributed by atoms with Crippen LogP contribution in [0.4, 0.5) is 4.79 Å². The molecule has 21 heavy (non-hydrogen) atoms. The quantitative estimate of drug-likeness (QED) is 0.862. The maximum atomic E-state index is 12.3. The normalized spacial score (nSPS) is 21.3. The fraction of sp³-hybridized carbons (Fsp3) is 0.667. The molecule has 3 rings (SSSR count). The third kappa shape index (κ3) is 2.66. The van der Waals surface area contributed by atoms with Gasteiger partial charge in [0.2, 0.25) is 0 Å². The molecule has 6 heteroatoms. The van der Waals surface area contributed by atoms with E-state index in [2.05, 4.69) is 9.97 Å². The van der Waals surface area contributed by atoms with Crippen LogP contribution in [0.3, 0.4) is 0 Å². The van der Waals surface area contributed by atoms with Crippen molar-refractivity contribution in [3.8, 4) is 0 Å². The van der Waals surface area contributed by atoms with Gasteiger partial charge >= 0.3 is 6.09 Å². The predicted molar refractivity (Wildman–Crippen MR) is 77.0 cm³/mol. The van der Waals surface area contributed by atoms with Crippen molar-refractivity contribution in [1.82, 2.24) is 14.9 Å². The number of carbonyl (C=O) groups is 1. The van der Waals surface area contributed by atoms with Gasteiger partial charge in [-0.15, -0.1) is 0 Å². The average molecular weight is 291 g/mol. The van der Waals surface area contributed by atoms with Gasteiger partial charge in [0.15, 0.2) is 0 Å². The SMILES string of the molecule is CC1c2c(nc(C3CC3)[nH]c2=O)CN1C(=O)OC(C)(C)C. The second-order valence-electron chi connectivity index (χ2n) is 6.87. The largest absolute Gasteiger partial charge is 0.444 e. The molecule has 0 radical (unpaired) electrons. The smallest absolute Gasteiger partial charge is 0.411 e. The predicted octanol–water partition coefficient (Wildman–Crippen LogP) is 2.46. The second kappa shape index (κ2) is 4.58. The Hall–Kier alpha value is -1.85. The van der Waals surface area contributed by atoms with Crippen molar-refractivity contribution < 1.29 is 9.53 Å². The Morgan fingerprint density at radius 1 is 1.38 bits per heavy atom. The van der Waals surface area contributed by atoms with Gasteiger partial charge in [-0.3, -0.25) is 9.69 Å². The minimum absolute atomic E-state index is 0.125. The van der Waals surface area contributed by atoms with Gasteiger partial charge in [0.05, 0.1) is 23.8 Å². The third-order valence-corrected chi connectivity index (χ3v) is 3.85. The minimum atomic E-state index is -0.551. The molecule has 1 fully saturated rings. The molecule has 114 valence electrons. The molecule has 1 saturated carbocycles. The van der Waals surface area contributed by atoms with Gasteiger partial charge < -0.3 is 9.72 Å². The lowest BCUT2D eigenvalue weighted by Gasteiger charge is -2.26. The maximum Gasteiger partial charge on any atom is 0.411 e. The highest BCUT2D eigenvalue weighted by molar-refractivity contribution is 5.70. The zero-order valence-electron chi connectivity index (χ0n) is 12.9. The monoisotopic (exact) mass is 291 g/mol. The standard InChI is InChI=1S/C15H21N3O3/c1-8-11-10(7-18(8)14(20)21-15(2,3)4)16-12(9-5-6-9)17-13(11)19/h8-9H,5-7H2,1-4H3,(H,16,17,19). The average Bonchev–Trinajstić information content (AvgIpc) is 3.12. The number of hydrogen-bond donors (Lipinski definition) is 1. The van der Waals surface area contributed by atoms with E-state index in [1.807, 2.05) is 27.7 Å². The summed E-state index contributed by atoms with van der Waals surface area (Å²) in [6.45, 7) is 7.66. The van der Waals surface area contributed by atoms with Crippen molar-refractivity contribution in [3.63, 3.8) is 0 Å². The van der Waals surface area contributed by atoms with E-state index < -0.39 is 11.7 Å². The molecule has 2 aliphatic rings. The highest BCUT2D eigenvalue weighted by Crippen LogP contribution is 2.39. The molecule has 1 aliphatic carbocycles. The van der Waals surface area contributed by atoms with E-state index in [0.717, 1.165) is 18.7 Å². The Kier molecular flexibility index (Phi) is 3.07. The van der Waals surface area contributed by atoms with E-state index in [1.54, 1.807) is 4.90 Å². The summed E-state index contributed by atoms with van der Waals surface area (Å²) in [4.78, 5) is 33.5. The van der Waals surface area contributed by atoms with E-state index in [1.165, 1.54) is 0 Å².